The normalized spacial score (nSPS) is 47.6. The Morgan fingerprint density at radius 1 is 1.05 bits per heavy atom. The molecule has 2 heterocycles. The lowest BCUT2D eigenvalue weighted by atomic mass is 9.72. The first-order valence-corrected chi connectivity index (χ1v) is 15.1. The number of hydrogen-bond donors (Lipinski definition) is 13. The van der Waals surface area contributed by atoms with Crippen LogP contribution in [0.2, 0.25) is 0 Å². The van der Waals surface area contributed by atoms with Crippen LogP contribution < -0.4 is 39.3 Å². The molecule has 43 heavy (non-hydrogen) atoms. The molecule has 0 spiro atoms. The van der Waals surface area contributed by atoms with Crippen molar-refractivity contribution in [3.63, 3.8) is 0 Å². The van der Waals surface area contributed by atoms with Crippen LogP contribution in [-0.4, -0.2) is 154 Å². The Bertz CT molecular complexity index is 926. The van der Waals surface area contributed by atoms with Gasteiger partial charge in [-0.05, 0) is 32.2 Å². The van der Waals surface area contributed by atoms with Crippen LogP contribution >= 0.6 is 0 Å². The molecule has 18 N–H and O–H groups in total. The molecule has 1 amide bonds. The molecule has 0 radical (unpaired) electrons. The SMILES string of the molecule is NCCC(O)CN[C@@H]1CC[C@@H](CN)O[C@@H]1C1[C@@H](N)C[C@@H](NC(=O)C2(O)CC2N)[C@H](O[C@H]2O[C@H](CO)[C@@H](O)[C@H](N)[C@H]2O)[C@H]1O. The summed E-state index contributed by atoms with van der Waals surface area (Å²) >= 11 is 0. The van der Waals surface area contributed by atoms with Gasteiger partial charge in [0.25, 0.3) is 5.91 Å². The number of nitrogens with two attached hydrogens (primary N) is 5. The Morgan fingerprint density at radius 2 is 1.74 bits per heavy atom. The average Bonchev–Trinajstić information content (AvgIpc) is 3.61. The van der Waals surface area contributed by atoms with Crippen LogP contribution in [-0.2, 0) is 19.0 Å². The predicted molar refractivity (Wildman–Crippen MR) is 151 cm³/mol. The number of nitrogens with one attached hydrogen (secondary N) is 2. The number of carbonyl (C=O) groups excluding carboxylic acids is 1. The number of ether oxygens (including phenoxy) is 3. The molecular weight excluding hydrogens is 570 g/mol. The molecule has 250 valence electrons. The summed E-state index contributed by atoms with van der Waals surface area (Å²) in [6.45, 7) is 0.162. The summed E-state index contributed by atoms with van der Waals surface area (Å²) in [4.78, 5) is 13.0. The topological polar surface area (TPSA) is 320 Å². The van der Waals surface area contributed by atoms with E-state index in [1.807, 2.05) is 0 Å². The van der Waals surface area contributed by atoms with Crippen LogP contribution in [0.3, 0.4) is 0 Å². The number of aliphatic hydroxyl groups excluding tert-OH is 5. The van der Waals surface area contributed by atoms with Crippen molar-refractivity contribution in [1.82, 2.24) is 10.6 Å². The fourth-order valence-corrected chi connectivity index (χ4v) is 6.51. The molecule has 0 aromatic rings. The molecule has 0 aromatic carbocycles. The van der Waals surface area contributed by atoms with Crippen LogP contribution in [0.25, 0.3) is 0 Å². The third kappa shape index (κ3) is 7.48. The van der Waals surface area contributed by atoms with Gasteiger partial charge in [0.1, 0.15) is 24.4 Å². The quantitative estimate of drug-likeness (QED) is 0.0962. The lowest BCUT2D eigenvalue weighted by Gasteiger charge is -2.51. The van der Waals surface area contributed by atoms with Crippen LogP contribution in [0.5, 0.6) is 0 Å². The van der Waals surface area contributed by atoms with Crippen LogP contribution in [0.4, 0.5) is 0 Å². The van der Waals surface area contributed by atoms with Gasteiger partial charge in [0.05, 0.1) is 43.1 Å². The molecule has 2 saturated heterocycles. The van der Waals surface area contributed by atoms with E-state index in [1.165, 1.54) is 0 Å². The zero-order valence-electron chi connectivity index (χ0n) is 24.2. The van der Waals surface area contributed by atoms with Crippen LogP contribution in [0.1, 0.15) is 32.1 Å². The molecular formula is C26H51N7O10. The maximum Gasteiger partial charge on any atom is 0.253 e. The van der Waals surface area contributed by atoms with Gasteiger partial charge in [-0.25, -0.2) is 0 Å². The van der Waals surface area contributed by atoms with Crippen molar-refractivity contribution in [2.24, 2.45) is 34.6 Å². The second kappa shape index (κ2) is 14.5. The van der Waals surface area contributed by atoms with E-state index in [9.17, 15) is 35.4 Å². The van der Waals surface area contributed by atoms with Crippen molar-refractivity contribution in [3.8, 4) is 0 Å². The summed E-state index contributed by atoms with van der Waals surface area (Å²) in [6, 6.07) is -4.04. The highest BCUT2D eigenvalue weighted by Crippen LogP contribution is 2.39. The number of carbonyl (C=O) groups is 1. The van der Waals surface area contributed by atoms with Crippen molar-refractivity contribution in [3.05, 3.63) is 0 Å². The molecule has 4 fully saturated rings. The second-order valence-corrected chi connectivity index (χ2v) is 12.4. The first-order chi connectivity index (χ1) is 20.4. The van der Waals surface area contributed by atoms with Gasteiger partial charge in [-0.1, -0.05) is 0 Å². The van der Waals surface area contributed by atoms with E-state index in [0.29, 0.717) is 25.8 Å². The molecule has 4 unspecified atom stereocenters. The largest absolute Gasteiger partial charge is 0.394 e. The number of hydrogen-bond acceptors (Lipinski definition) is 16. The first-order valence-electron chi connectivity index (χ1n) is 15.1. The third-order valence-corrected chi connectivity index (χ3v) is 9.37. The predicted octanol–water partition coefficient (Wildman–Crippen LogP) is -7.03. The first kappa shape index (κ1) is 34.7. The maximum absolute atomic E-state index is 13.0. The Balaban J connectivity index is 1.60. The fraction of sp³-hybridized carbons (Fsp3) is 0.962. The summed E-state index contributed by atoms with van der Waals surface area (Å²) < 4.78 is 18.1. The number of amides is 1. The molecule has 4 rings (SSSR count). The number of aliphatic hydroxyl groups is 6. The zero-order chi connectivity index (χ0) is 31.6. The molecule has 16 atom stereocenters. The van der Waals surface area contributed by atoms with E-state index in [2.05, 4.69) is 10.6 Å². The van der Waals surface area contributed by atoms with Gasteiger partial charge in [-0.3, -0.25) is 4.79 Å². The molecule has 4 aliphatic rings. The van der Waals surface area contributed by atoms with Crippen molar-refractivity contribution in [1.29, 1.82) is 0 Å². The standard InChI is InChI=1S/C26H51N7O10/c27-4-3-10(35)8-32-13-2-1-11(7-28)41-22(13)17-12(29)5-14(33-25(39)26(40)6-16(26)30)23(20(17)37)43-24-21(38)18(31)19(36)15(9-34)42-24/h10-24,32,34-38,40H,1-9,27-31H2,(H,33,39)/t10?,11-,12-,13+,14+,15+,16?,17?,18-,19+,20-,21+,22-,23-,24+,26?/m0/s1. The van der Waals surface area contributed by atoms with Crippen LogP contribution in [0, 0.1) is 5.92 Å². The van der Waals surface area contributed by atoms with E-state index in [4.69, 9.17) is 42.9 Å². The Morgan fingerprint density at radius 3 is 2.35 bits per heavy atom. The minimum atomic E-state index is -1.77. The average molecular weight is 622 g/mol. The smallest absolute Gasteiger partial charge is 0.253 e. The van der Waals surface area contributed by atoms with E-state index in [1.54, 1.807) is 0 Å². The molecule has 2 aliphatic carbocycles. The van der Waals surface area contributed by atoms with Crippen LogP contribution in [0.15, 0.2) is 0 Å². The van der Waals surface area contributed by atoms with Crippen molar-refractivity contribution in [2.45, 2.75) is 123 Å². The Kier molecular flexibility index (Phi) is 11.7. The minimum Gasteiger partial charge on any atom is -0.394 e. The second-order valence-electron chi connectivity index (χ2n) is 12.4. The van der Waals surface area contributed by atoms with Gasteiger partial charge in [0.2, 0.25) is 0 Å². The van der Waals surface area contributed by atoms with E-state index < -0.39 is 97.2 Å². The molecule has 17 nitrogen and oxygen atoms in total. The molecule has 2 saturated carbocycles. The fourth-order valence-electron chi connectivity index (χ4n) is 6.51. The van der Waals surface area contributed by atoms with Crippen molar-refractivity contribution >= 4 is 5.91 Å². The minimum absolute atomic E-state index is 0.0590. The zero-order valence-corrected chi connectivity index (χ0v) is 24.2. The summed E-state index contributed by atoms with van der Waals surface area (Å²) in [5.41, 5.74) is 28.1. The van der Waals surface area contributed by atoms with Crippen molar-refractivity contribution < 1.29 is 49.6 Å². The highest BCUT2D eigenvalue weighted by atomic mass is 16.7. The van der Waals surface area contributed by atoms with E-state index in [-0.39, 0.29) is 38.1 Å². The summed E-state index contributed by atoms with van der Waals surface area (Å²) in [5.74, 6) is -1.54. The highest BCUT2D eigenvalue weighted by Gasteiger charge is 2.59. The molecule has 0 aromatic heterocycles. The highest BCUT2D eigenvalue weighted by molar-refractivity contribution is 5.89. The lowest BCUT2D eigenvalue weighted by Crippen LogP contribution is -2.70. The van der Waals surface area contributed by atoms with Gasteiger partial charge < -0.3 is 84.2 Å². The van der Waals surface area contributed by atoms with Gasteiger partial charge in [-0.15, -0.1) is 0 Å². The third-order valence-electron chi connectivity index (χ3n) is 9.37. The summed E-state index contributed by atoms with van der Waals surface area (Å²) in [6.07, 6.45) is -8.22. The monoisotopic (exact) mass is 621 g/mol. The van der Waals surface area contributed by atoms with E-state index >= 15 is 0 Å². The summed E-state index contributed by atoms with van der Waals surface area (Å²) in [5, 5.41) is 69.4. The molecule has 2 aliphatic heterocycles. The van der Waals surface area contributed by atoms with Gasteiger partial charge in [0.15, 0.2) is 11.9 Å². The number of rotatable bonds is 12. The Labute approximate surface area is 250 Å². The van der Waals surface area contributed by atoms with E-state index in [0.717, 1.165) is 0 Å². The maximum atomic E-state index is 13.0. The van der Waals surface area contributed by atoms with Gasteiger partial charge in [0, 0.05) is 43.6 Å². The van der Waals surface area contributed by atoms with Gasteiger partial charge >= 0.3 is 0 Å². The van der Waals surface area contributed by atoms with Gasteiger partial charge in [-0.2, -0.15) is 0 Å². The Hall–Kier alpha value is -1.13. The lowest BCUT2D eigenvalue weighted by molar-refractivity contribution is -0.306. The van der Waals surface area contributed by atoms with Crippen molar-refractivity contribution in [2.75, 3.05) is 26.2 Å². The summed E-state index contributed by atoms with van der Waals surface area (Å²) in [7, 11) is 0. The molecule has 17 heteroatoms. The molecule has 0 bridgehead atoms.